The number of aliphatic hydroxyl groups excluding tert-OH is 4. The van der Waals surface area contributed by atoms with Crippen LogP contribution < -0.4 is 37.2 Å². The van der Waals surface area contributed by atoms with Gasteiger partial charge in [-0.15, -0.1) is 0 Å². The van der Waals surface area contributed by atoms with Gasteiger partial charge in [-0.3, -0.25) is 42.4 Å². The van der Waals surface area contributed by atoms with Gasteiger partial charge < -0.3 is 53.6 Å². The van der Waals surface area contributed by atoms with Crippen molar-refractivity contribution in [3.05, 3.63) is 66.2 Å². The average Bonchev–Trinajstić information content (AvgIpc) is 3.35. The number of aromatic amines is 2. The molecule has 2 aliphatic rings. The second-order valence-corrected chi connectivity index (χ2v) is 13.7. The molecule has 2 aliphatic heterocycles. The van der Waals surface area contributed by atoms with Gasteiger partial charge in [-0.25, -0.2) is 18.2 Å². The number of phosphoric acid groups is 3. The van der Waals surface area contributed by atoms with Crippen molar-refractivity contribution in [2.24, 2.45) is 0 Å². The number of hydrogen-bond donors (Lipinski definition) is 6. The Bertz CT molecular complexity index is 1650. The molecule has 0 amide bonds. The zero-order chi connectivity index (χ0) is 33.5. The summed E-state index contributed by atoms with van der Waals surface area (Å²) in [6.45, 7) is -2.48. The van der Waals surface area contributed by atoms with Crippen molar-refractivity contribution in [3.8, 4) is 0 Å². The monoisotopic (exact) mass is 707 g/mol. The first-order valence-corrected chi connectivity index (χ1v) is 16.5. The third kappa shape index (κ3) is 8.47. The Labute approximate surface area is 247 Å². The van der Waals surface area contributed by atoms with Gasteiger partial charge in [0, 0.05) is 24.5 Å². The molecule has 5 unspecified atom stereocenters. The molecule has 6 N–H and O–H groups in total. The summed E-state index contributed by atoms with van der Waals surface area (Å²) in [5.41, 5.74) is -3.74. The van der Waals surface area contributed by atoms with Gasteiger partial charge in [0.1, 0.15) is 36.6 Å². The molecular weight excluding hydrogens is 685 g/mol. The second kappa shape index (κ2) is 13.3. The number of hydrogen-bond acceptors (Lipinski definition) is 20. The summed E-state index contributed by atoms with van der Waals surface area (Å²) in [6, 6.07) is 1.75. The molecule has 2 aromatic rings. The molecular formula is C18H22N4O20P3-3. The smallest absolute Gasteiger partial charge is 0.330 e. The van der Waals surface area contributed by atoms with E-state index in [4.69, 9.17) is 9.47 Å². The van der Waals surface area contributed by atoms with Crippen molar-refractivity contribution >= 4 is 23.5 Å². The predicted molar refractivity (Wildman–Crippen MR) is 131 cm³/mol. The van der Waals surface area contributed by atoms with Gasteiger partial charge in [0.2, 0.25) is 0 Å². The summed E-state index contributed by atoms with van der Waals surface area (Å²) < 4.78 is 63.6. The summed E-state index contributed by atoms with van der Waals surface area (Å²) in [5.74, 6) is 0. The molecule has 27 heteroatoms. The van der Waals surface area contributed by atoms with E-state index in [1.54, 1.807) is 0 Å². The molecule has 0 aliphatic carbocycles. The van der Waals surface area contributed by atoms with Crippen LogP contribution in [-0.2, 0) is 40.8 Å². The van der Waals surface area contributed by atoms with Crippen LogP contribution in [0, 0.1) is 0 Å². The van der Waals surface area contributed by atoms with Crippen LogP contribution in [0.4, 0.5) is 0 Å². The molecule has 2 saturated heterocycles. The summed E-state index contributed by atoms with van der Waals surface area (Å²) in [4.78, 5) is 86.1. The van der Waals surface area contributed by atoms with E-state index in [9.17, 15) is 68.0 Å². The van der Waals surface area contributed by atoms with Crippen LogP contribution in [0.25, 0.3) is 0 Å². The summed E-state index contributed by atoms with van der Waals surface area (Å²) in [7, 11) is -18.4. The number of rotatable bonds is 12. The van der Waals surface area contributed by atoms with E-state index in [0.29, 0.717) is 9.13 Å². The average molecular weight is 707 g/mol. The highest BCUT2D eigenvalue weighted by Crippen LogP contribution is 2.63. The molecule has 11 atom stereocenters. The van der Waals surface area contributed by atoms with Crippen molar-refractivity contribution in [2.75, 3.05) is 13.2 Å². The fourth-order valence-corrected chi connectivity index (χ4v) is 7.47. The highest BCUT2D eigenvalue weighted by molar-refractivity contribution is 7.65. The van der Waals surface area contributed by atoms with Crippen LogP contribution in [-0.4, -0.2) is 89.4 Å². The minimum absolute atomic E-state index is 0.647. The fraction of sp³-hybridized carbons (Fsp3) is 0.556. The third-order valence-electron chi connectivity index (χ3n) is 6.12. The zero-order valence-electron chi connectivity index (χ0n) is 21.9. The number of ether oxygens (including phenoxy) is 2. The molecule has 0 saturated carbocycles. The van der Waals surface area contributed by atoms with Crippen LogP contribution in [0.15, 0.2) is 43.7 Å². The van der Waals surface area contributed by atoms with E-state index in [1.165, 1.54) is 0 Å². The quantitative estimate of drug-likeness (QED) is 0.112. The Morgan fingerprint density at radius 3 is 1.36 bits per heavy atom. The Morgan fingerprint density at radius 2 is 1.02 bits per heavy atom. The molecule has 2 fully saturated rings. The molecule has 24 nitrogen and oxygen atoms in total. The number of phosphoric ester groups is 2. The molecule has 4 rings (SSSR count). The number of nitrogens with one attached hydrogen (secondary N) is 2. The first-order valence-electron chi connectivity index (χ1n) is 12.1. The van der Waals surface area contributed by atoms with E-state index in [-0.39, 0.29) is 0 Å². The second-order valence-electron chi connectivity index (χ2n) is 9.22. The van der Waals surface area contributed by atoms with Gasteiger partial charge in [-0.05, 0) is 0 Å². The maximum atomic E-state index is 12.1. The Kier molecular flexibility index (Phi) is 10.5. The lowest BCUT2D eigenvalue weighted by atomic mass is 10.1. The van der Waals surface area contributed by atoms with Gasteiger partial charge in [-0.2, -0.15) is 0 Å². The van der Waals surface area contributed by atoms with Crippen LogP contribution in [0.2, 0.25) is 0 Å². The predicted octanol–water partition coefficient (Wildman–Crippen LogP) is -6.20. The van der Waals surface area contributed by atoms with Gasteiger partial charge >= 0.3 is 11.4 Å². The maximum absolute atomic E-state index is 12.1. The first-order chi connectivity index (χ1) is 20.8. The normalized spacial score (nSPS) is 32.5. The van der Waals surface area contributed by atoms with Gasteiger partial charge in [0.15, 0.2) is 12.5 Å². The van der Waals surface area contributed by atoms with E-state index in [1.807, 2.05) is 9.97 Å². The highest BCUT2D eigenvalue weighted by Gasteiger charge is 2.46. The van der Waals surface area contributed by atoms with Crippen LogP contribution >= 0.6 is 23.5 Å². The first kappa shape index (κ1) is 35.4. The van der Waals surface area contributed by atoms with Crippen molar-refractivity contribution < 1.29 is 75.9 Å². The lowest BCUT2D eigenvalue weighted by Gasteiger charge is -2.34. The topological polar surface area (TPSA) is 366 Å². The van der Waals surface area contributed by atoms with E-state index < -0.39 is 108 Å². The Morgan fingerprint density at radius 1 is 0.667 bits per heavy atom. The molecule has 4 heterocycles. The zero-order valence-corrected chi connectivity index (χ0v) is 24.6. The van der Waals surface area contributed by atoms with Crippen LogP contribution in [0.1, 0.15) is 12.5 Å². The molecule has 0 aromatic carbocycles. The lowest BCUT2D eigenvalue weighted by Crippen LogP contribution is -2.37. The van der Waals surface area contributed by atoms with Crippen LogP contribution in [0.3, 0.4) is 0 Å². The standard InChI is InChI=1S/C18H25N4O20P3/c23-9-1-3-21(17(29)19-9)15-13(27)11(25)7(39-15)5-37-43(31,32)41-45(35,36)42-44(33,34)38-6-8-12(26)14(28)16(40-8)22-4-2-10(24)20-18(22)30/h1-4,7-8,11-16,25-28H,5-6H2,(H,31,32)(H,33,34)(H,35,36)(H,19,23,29)(H,20,24,30)/p-3/t7-,8+,11?,12?,13+,14-,15-,16+. The largest absolute Gasteiger partial charge is 0.756 e. The van der Waals surface area contributed by atoms with Crippen LogP contribution in [0.5, 0.6) is 0 Å². The minimum atomic E-state index is -6.37. The Balaban J connectivity index is 1.31. The van der Waals surface area contributed by atoms with Gasteiger partial charge in [-0.1, -0.05) is 0 Å². The molecule has 45 heavy (non-hydrogen) atoms. The van der Waals surface area contributed by atoms with Gasteiger partial charge in [0.25, 0.3) is 34.6 Å². The van der Waals surface area contributed by atoms with Gasteiger partial charge in [0.05, 0.1) is 13.2 Å². The molecule has 0 spiro atoms. The van der Waals surface area contributed by atoms with Crippen molar-refractivity contribution in [1.29, 1.82) is 0 Å². The van der Waals surface area contributed by atoms with E-state index in [0.717, 1.165) is 24.5 Å². The summed E-state index contributed by atoms with van der Waals surface area (Å²) in [6.07, 6.45) is -12.6. The fourth-order valence-electron chi connectivity index (χ4n) is 4.09. The molecule has 0 radical (unpaired) electrons. The van der Waals surface area contributed by atoms with E-state index in [2.05, 4.69) is 17.7 Å². The lowest BCUT2D eigenvalue weighted by molar-refractivity contribution is -0.252. The summed E-state index contributed by atoms with van der Waals surface area (Å²) in [5, 5.41) is 40.5. The molecule has 2 aromatic heterocycles. The number of aromatic nitrogens is 4. The molecule has 0 bridgehead atoms. The van der Waals surface area contributed by atoms with Crippen molar-refractivity contribution in [1.82, 2.24) is 19.1 Å². The highest BCUT2D eigenvalue weighted by atomic mass is 31.3. The van der Waals surface area contributed by atoms with Crippen molar-refractivity contribution in [2.45, 2.75) is 49.1 Å². The maximum Gasteiger partial charge on any atom is 0.330 e. The molecule has 252 valence electrons. The minimum Gasteiger partial charge on any atom is -0.756 e. The number of nitrogens with zero attached hydrogens (tertiary/aromatic N) is 2. The number of aliphatic hydroxyl groups is 4. The van der Waals surface area contributed by atoms with Crippen molar-refractivity contribution in [3.63, 3.8) is 0 Å². The summed E-state index contributed by atoms with van der Waals surface area (Å²) >= 11 is 0. The number of H-pyrrole nitrogens is 2. The van der Waals surface area contributed by atoms with E-state index >= 15 is 0 Å². The Hall–Kier alpha value is -2.47. The SMILES string of the molecule is O=c1ccn([C@@H]2O[C@H](COP(=O)([O-])OP(=O)([O-])OP(=O)([O-])OC[C@@H]3O[C@H](n4ccc(=O)[nH]c4=O)[C@H](O)C3O)C(O)[C@@H]2O)c(=O)[nH]1. The third-order valence-corrected chi connectivity index (χ3v) is 10.2.